The summed E-state index contributed by atoms with van der Waals surface area (Å²) in [6.45, 7) is 3.74. The van der Waals surface area contributed by atoms with Crippen LogP contribution in [0.5, 0.6) is 11.5 Å². The van der Waals surface area contributed by atoms with Gasteiger partial charge in [-0.2, -0.15) is 0 Å². The molecule has 29 heavy (non-hydrogen) atoms. The maximum atomic E-state index is 12.0. The van der Waals surface area contributed by atoms with E-state index in [1.807, 2.05) is 31.2 Å². The summed E-state index contributed by atoms with van der Waals surface area (Å²) in [5.74, 6) is 2.30. The Bertz CT molecular complexity index is 986. The molecule has 0 aliphatic rings. The van der Waals surface area contributed by atoms with E-state index in [0.29, 0.717) is 23.0 Å². The molecule has 7 nitrogen and oxygen atoms in total. The smallest absolute Gasteiger partial charge is 0.235 e. The number of ether oxygens (including phenoxy) is 1. The molecule has 1 heterocycles. The van der Waals surface area contributed by atoms with E-state index in [9.17, 15) is 9.59 Å². The molecule has 150 valence electrons. The third-order valence-electron chi connectivity index (χ3n) is 3.73. The molecule has 2 amide bonds. The first-order chi connectivity index (χ1) is 14.0. The molecule has 3 aromatic rings. The number of amides is 2. The Hall–Kier alpha value is -3.26. The summed E-state index contributed by atoms with van der Waals surface area (Å²) >= 11 is 1.21. The topological polar surface area (TPSA) is 93.5 Å². The van der Waals surface area contributed by atoms with E-state index >= 15 is 0 Å². The molecule has 0 radical (unpaired) electrons. The molecule has 0 bridgehead atoms. The largest absolute Gasteiger partial charge is 0.457 e. The number of nitrogens with zero attached hydrogens (tertiary/aromatic N) is 1. The molecule has 0 fully saturated rings. The van der Waals surface area contributed by atoms with Crippen molar-refractivity contribution in [1.82, 2.24) is 5.16 Å². The van der Waals surface area contributed by atoms with Crippen LogP contribution >= 0.6 is 11.8 Å². The average molecular weight is 411 g/mol. The van der Waals surface area contributed by atoms with Crippen LogP contribution in [0.1, 0.15) is 11.3 Å². The first-order valence-corrected chi connectivity index (χ1v) is 10.1. The zero-order valence-corrected chi connectivity index (χ0v) is 16.9. The second kappa shape index (κ2) is 9.79. The lowest BCUT2D eigenvalue weighted by Crippen LogP contribution is -2.18. The second-order valence-corrected chi connectivity index (χ2v) is 7.34. The van der Waals surface area contributed by atoms with Crippen molar-refractivity contribution in [3.05, 3.63) is 65.9 Å². The van der Waals surface area contributed by atoms with Crippen molar-refractivity contribution in [3.63, 3.8) is 0 Å². The fraction of sp³-hybridized carbons (Fsp3) is 0.190. The summed E-state index contributed by atoms with van der Waals surface area (Å²) in [5, 5.41) is 9.09. The van der Waals surface area contributed by atoms with Crippen LogP contribution in [0.4, 0.5) is 11.5 Å². The zero-order valence-electron chi connectivity index (χ0n) is 16.1. The predicted molar refractivity (Wildman–Crippen MR) is 114 cm³/mol. The van der Waals surface area contributed by atoms with Crippen molar-refractivity contribution in [2.75, 3.05) is 22.1 Å². The number of carbonyl (C=O) groups excluding carboxylic acids is 2. The Morgan fingerprint density at radius 3 is 2.34 bits per heavy atom. The van der Waals surface area contributed by atoms with E-state index in [1.54, 1.807) is 37.3 Å². The number of hydrogen-bond acceptors (Lipinski definition) is 6. The maximum Gasteiger partial charge on any atom is 0.235 e. The minimum atomic E-state index is -0.242. The van der Waals surface area contributed by atoms with Crippen LogP contribution in [0.25, 0.3) is 0 Å². The third kappa shape index (κ3) is 6.69. The molecule has 0 atom stereocenters. The summed E-state index contributed by atoms with van der Waals surface area (Å²) in [7, 11) is 0. The lowest BCUT2D eigenvalue weighted by Gasteiger charge is -2.08. The van der Waals surface area contributed by atoms with Gasteiger partial charge in [0.2, 0.25) is 11.8 Å². The molecule has 8 heteroatoms. The Balaban J connectivity index is 1.40. The number of thioether (sulfide) groups is 1. The Kier molecular flexibility index (Phi) is 6.91. The van der Waals surface area contributed by atoms with Gasteiger partial charge in [0.15, 0.2) is 5.82 Å². The summed E-state index contributed by atoms with van der Waals surface area (Å²) in [6.07, 6.45) is 0. The van der Waals surface area contributed by atoms with Gasteiger partial charge in [-0.05, 0) is 55.8 Å². The van der Waals surface area contributed by atoms with Crippen molar-refractivity contribution in [2.45, 2.75) is 13.8 Å². The molecule has 0 saturated carbocycles. The monoisotopic (exact) mass is 411 g/mol. The van der Waals surface area contributed by atoms with Crippen LogP contribution in [0.2, 0.25) is 0 Å². The number of aryl methyl sites for hydroxylation is 2. The van der Waals surface area contributed by atoms with Gasteiger partial charge in [0, 0.05) is 11.8 Å². The summed E-state index contributed by atoms with van der Waals surface area (Å²) in [5.41, 5.74) is 1.78. The number of rotatable bonds is 8. The lowest BCUT2D eigenvalue weighted by molar-refractivity contribution is -0.114. The fourth-order valence-electron chi connectivity index (χ4n) is 2.46. The molecule has 0 aliphatic carbocycles. The highest BCUT2D eigenvalue weighted by atomic mass is 32.2. The van der Waals surface area contributed by atoms with Crippen molar-refractivity contribution in [2.24, 2.45) is 0 Å². The summed E-state index contributed by atoms with van der Waals surface area (Å²) in [6, 6.07) is 16.5. The van der Waals surface area contributed by atoms with Gasteiger partial charge in [-0.15, -0.1) is 11.8 Å². The van der Waals surface area contributed by atoms with E-state index in [-0.39, 0.29) is 23.3 Å². The van der Waals surface area contributed by atoms with E-state index in [4.69, 9.17) is 9.26 Å². The molecule has 0 aliphatic heterocycles. The maximum absolute atomic E-state index is 12.0. The SMILES string of the molecule is Cc1cccc(Oc2ccc(NC(=O)CSCC(=O)Nc3cc(C)on3)cc2)c1. The fourth-order valence-corrected chi connectivity index (χ4v) is 3.08. The first kappa shape index (κ1) is 20.5. The number of benzene rings is 2. The van der Waals surface area contributed by atoms with Gasteiger partial charge in [-0.25, -0.2) is 0 Å². The number of anilines is 2. The molecule has 1 aromatic heterocycles. The van der Waals surface area contributed by atoms with Crippen LogP contribution in [-0.2, 0) is 9.59 Å². The van der Waals surface area contributed by atoms with Crippen molar-refractivity contribution in [1.29, 1.82) is 0 Å². The molecule has 3 rings (SSSR count). The zero-order chi connectivity index (χ0) is 20.6. The summed E-state index contributed by atoms with van der Waals surface area (Å²) in [4.78, 5) is 23.9. The molecule has 2 aromatic carbocycles. The molecule has 0 saturated heterocycles. The molecular formula is C21H21N3O4S. The van der Waals surface area contributed by atoms with Crippen LogP contribution in [0, 0.1) is 13.8 Å². The van der Waals surface area contributed by atoms with Crippen LogP contribution in [0.3, 0.4) is 0 Å². The number of aromatic nitrogens is 1. The van der Waals surface area contributed by atoms with Crippen molar-refractivity contribution < 1.29 is 18.8 Å². The number of hydrogen-bond donors (Lipinski definition) is 2. The Morgan fingerprint density at radius 1 is 0.966 bits per heavy atom. The van der Waals surface area contributed by atoms with Gasteiger partial charge in [0.25, 0.3) is 0 Å². The van der Waals surface area contributed by atoms with Gasteiger partial charge >= 0.3 is 0 Å². The van der Waals surface area contributed by atoms with Gasteiger partial charge in [0.05, 0.1) is 11.5 Å². The highest BCUT2D eigenvalue weighted by Gasteiger charge is 2.09. The second-order valence-electron chi connectivity index (χ2n) is 6.35. The Morgan fingerprint density at radius 2 is 1.69 bits per heavy atom. The van der Waals surface area contributed by atoms with Gasteiger partial charge in [0.1, 0.15) is 17.3 Å². The van der Waals surface area contributed by atoms with E-state index < -0.39 is 0 Å². The molecule has 0 spiro atoms. The number of nitrogens with one attached hydrogen (secondary N) is 2. The van der Waals surface area contributed by atoms with E-state index in [0.717, 1.165) is 11.3 Å². The van der Waals surface area contributed by atoms with Crippen molar-refractivity contribution >= 4 is 35.1 Å². The van der Waals surface area contributed by atoms with Gasteiger partial charge < -0.3 is 19.9 Å². The van der Waals surface area contributed by atoms with Gasteiger partial charge in [-0.3, -0.25) is 9.59 Å². The molecular weight excluding hydrogens is 390 g/mol. The van der Waals surface area contributed by atoms with E-state index in [1.165, 1.54) is 11.8 Å². The lowest BCUT2D eigenvalue weighted by atomic mass is 10.2. The normalized spacial score (nSPS) is 10.4. The van der Waals surface area contributed by atoms with E-state index in [2.05, 4.69) is 15.8 Å². The minimum absolute atomic E-state index is 0.141. The van der Waals surface area contributed by atoms with Crippen molar-refractivity contribution in [3.8, 4) is 11.5 Å². The van der Waals surface area contributed by atoms with Crippen LogP contribution in [0.15, 0.2) is 59.1 Å². The standard InChI is InChI=1S/C21H21N3O4S/c1-14-4-3-5-18(10-14)27-17-8-6-16(7-9-17)22-20(25)12-29-13-21(26)23-19-11-15(2)28-24-19/h3-11H,12-13H2,1-2H3,(H,22,25)(H,23,24,26). The highest BCUT2D eigenvalue weighted by Crippen LogP contribution is 2.23. The Labute approximate surface area is 172 Å². The first-order valence-electron chi connectivity index (χ1n) is 8.93. The molecule has 2 N–H and O–H groups in total. The van der Waals surface area contributed by atoms with Crippen LogP contribution in [-0.4, -0.2) is 28.5 Å². The predicted octanol–water partition coefficient (Wildman–Crippen LogP) is 4.39. The van der Waals surface area contributed by atoms with Gasteiger partial charge in [-0.1, -0.05) is 17.3 Å². The highest BCUT2D eigenvalue weighted by molar-refractivity contribution is 8.00. The van der Waals surface area contributed by atoms with Crippen LogP contribution < -0.4 is 15.4 Å². The molecule has 0 unspecified atom stereocenters. The summed E-state index contributed by atoms with van der Waals surface area (Å²) < 4.78 is 10.7. The third-order valence-corrected chi connectivity index (χ3v) is 4.66. The number of carbonyl (C=O) groups is 2. The average Bonchev–Trinajstić information content (AvgIpc) is 3.08. The minimum Gasteiger partial charge on any atom is -0.457 e. The quantitative estimate of drug-likeness (QED) is 0.571.